The molecule has 1 aromatic rings. The van der Waals surface area contributed by atoms with Crippen LogP contribution in [0.5, 0.6) is 0 Å². The average Bonchev–Trinajstić information content (AvgIpc) is 2.42. The van der Waals surface area contributed by atoms with E-state index in [9.17, 15) is 14.5 Å². The van der Waals surface area contributed by atoms with E-state index in [0.29, 0.717) is 5.69 Å². The Bertz CT molecular complexity index is 511. The molecule has 0 amide bonds. The van der Waals surface area contributed by atoms with Crippen LogP contribution < -0.4 is 10.2 Å². The predicted octanol–water partition coefficient (Wildman–Crippen LogP) is 3.07. The Kier molecular flexibility index (Phi) is 4.93. The van der Waals surface area contributed by atoms with Crippen LogP contribution in [0.25, 0.3) is 0 Å². The minimum absolute atomic E-state index is 0.172. The smallest absolute Gasteiger partial charge is 0.295 e. The van der Waals surface area contributed by atoms with Crippen molar-refractivity contribution in [1.29, 1.82) is 0 Å². The summed E-state index contributed by atoms with van der Waals surface area (Å²) >= 11 is 3.11. The van der Waals surface area contributed by atoms with Crippen LogP contribution in [0.4, 0.5) is 15.8 Å². The van der Waals surface area contributed by atoms with E-state index in [-0.39, 0.29) is 16.2 Å². The monoisotopic (exact) mass is 345 g/mol. The molecule has 0 bridgehead atoms. The number of nitro groups is 1. The van der Waals surface area contributed by atoms with Gasteiger partial charge in [0.25, 0.3) is 5.69 Å². The van der Waals surface area contributed by atoms with Crippen molar-refractivity contribution in [3.8, 4) is 0 Å². The van der Waals surface area contributed by atoms with Crippen molar-refractivity contribution < 1.29 is 9.31 Å². The first-order chi connectivity index (χ1) is 9.54. The quantitative estimate of drug-likeness (QED) is 0.672. The highest BCUT2D eigenvalue weighted by Crippen LogP contribution is 2.36. The molecule has 20 heavy (non-hydrogen) atoms. The first-order valence-corrected chi connectivity index (χ1v) is 7.38. The molecule has 1 N–H and O–H groups in total. The fourth-order valence-corrected chi connectivity index (χ4v) is 3.00. The molecule has 0 aliphatic carbocycles. The fraction of sp³-hybridized carbons (Fsp3) is 0.538. The Morgan fingerprint density at radius 2 is 2.30 bits per heavy atom. The summed E-state index contributed by atoms with van der Waals surface area (Å²) in [5, 5.41) is 14.3. The van der Waals surface area contributed by atoms with E-state index in [1.807, 2.05) is 11.9 Å². The van der Waals surface area contributed by atoms with Gasteiger partial charge in [-0.2, -0.15) is 0 Å². The third-order valence-corrected chi connectivity index (χ3v) is 4.20. The van der Waals surface area contributed by atoms with Crippen molar-refractivity contribution in [2.75, 3.05) is 25.0 Å². The van der Waals surface area contributed by atoms with Gasteiger partial charge < -0.3 is 10.2 Å². The Hall–Kier alpha value is -1.21. The molecule has 1 fully saturated rings. The van der Waals surface area contributed by atoms with Gasteiger partial charge in [-0.1, -0.05) is 0 Å². The molecule has 1 atom stereocenters. The second-order valence-electron chi connectivity index (χ2n) is 4.91. The molecule has 5 nitrogen and oxygen atoms in total. The largest absolute Gasteiger partial charge is 0.362 e. The summed E-state index contributed by atoms with van der Waals surface area (Å²) in [6.45, 7) is 1.51. The lowest BCUT2D eigenvalue weighted by Crippen LogP contribution is -2.45. The number of hydrogen-bond donors (Lipinski definition) is 1. The summed E-state index contributed by atoms with van der Waals surface area (Å²) in [6.07, 6.45) is 3.08. The van der Waals surface area contributed by atoms with Gasteiger partial charge in [0, 0.05) is 19.1 Å². The number of hydrogen-bond acceptors (Lipinski definition) is 4. The maximum Gasteiger partial charge on any atom is 0.295 e. The van der Waals surface area contributed by atoms with Crippen molar-refractivity contribution in [3.05, 3.63) is 32.5 Å². The molecule has 1 heterocycles. The number of nitrogens with one attached hydrogen (secondary N) is 1. The molecule has 1 aromatic carbocycles. The van der Waals surface area contributed by atoms with E-state index >= 15 is 0 Å². The van der Waals surface area contributed by atoms with E-state index in [1.165, 1.54) is 6.07 Å². The minimum atomic E-state index is -0.609. The van der Waals surface area contributed by atoms with E-state index in [4.69, 9.17) is 0 Å². The summed E-state index contributed by atoms with van der Waals surface area (Å²) in [5.41, 5.74) is 0.317. The SMILES string of the molecule is CNCC1CCCCN1c1cc(Br)c(F)cc1[N+](=O)[O-]. The molecule has 7 heteroatoms. The molecule has 1 aliphatic heterocycles. The van der Waals surface area contributed by atoms with Gasteiger partial charge in [0.1, 0.15) is 11.5 Å². The Morgan fingerprint density at radius 1 is 1.55 bits per heavy atom. The molecule has 1 saturated heterocycles. The Balaban J connectivity index is 2.43. The van der Waals surface area contributed by atoms with Crippen LogP contribution in [0.2, 0.25) is 0 Å². The van der Waals surface area contributed by atoms with Gasteiger partial charge in [-0.15, -0.1) is 0 Å². The second-order valence-corrected chi connectivity index (χ2v) is 5.77. The highest BCUT2D eigenvalue weighted by atomic mass is 79.9. The lowest BCUT2D eigenvalue weighted by Gasteiger charge is -2.37. The first kappa shape index (κ1) is 15.2. The van der Waals surface area contributed by atoms with Crippen molar-refractivity contribution in [2.45, 2.75) is 25.3 Å². The standard InChI is InChI=1S/C13H17BrFN3O2/c1-16-8-9-4-2-3-5-17(9)12-6-10(14)11(15)7-13(12)18(19)20/h6-7,9,16H,2-5,8H2,1H3. The molecule has 0 saturated carbocycles. The number of nitrogens with zero attached hydrogens (tertiary/aromatic N) is 2. The van der Waals surface area contributed by atoms with Crippen LogP contribution in [-0.4, -0.2) is 31.1 Å². The second kappa shape index (κ2) is 6.49. The van der Waals surface area contributed by atoms with Gasteiger partial charge in [0.2, 0.25) is 0 Å². The summed E-state index contributed by atoms with van der Waals surface area (Å²) in [7, 11) is 1.86. The lowest BCUT2D eigenvalue weighted by molar-refractivity contribution is -0.384. The van der Waals surface area contributed by atoms with E-state index < -0.39 is 10.7 Å². The van der Waals surface area contributed by atoms with E-state index in [1.54, 1.807) is 0 Å². The third kappa shape index (κ3) is 3.09. The maximum atomic E-state index is 13.5. The molecule has 2 rings (SSSR count). The average molecular weight is 346 g/mol. The van der Waals surface area contributed by atoms with Crippen LogP contribution in [0.1, 0.15) is 19.3 Å². The highest BCUT2D eigenvalue weighted by Gasteiger charge is 2.29. The van der Waals surface area contributed by atoms with Crippen LogP contribution in [0, 0.1) is 15.9 Å². The van der Waals surface area contributed by atoms with Crippen LogP contribution in [0.3, 0.4) is 0 Å². The number of rotatable bonds is 4. The maximum absolute atomic E-state index is 13.5. The molecular formula is C13H17BrFN3O2. The van der Waals surface area contributed by atoms with Crippen molar-refractivity contribution in [2.24, 2.45) is 0 Å². The number of piperidine rings is 1. The molecule has 1 aliphatic rings. The van der Waals surface area contributed by atoms with E-state index in [2.05, 4.69) is 21.2 Å². The number of nitro benzene ring substituents is 1. The first-order valence-electron chi connectivity index (χ1n) is 6.59. The number of likely N-dealkylation sites (N-methyl/N-ethyl adjacent to an activating group) is 1. The lowest BCUT2D eigenvalue weighted by atomic mass is 10.0. The summed E-state index contributed by atoms with van der Waals surface area (Å²) < 4.78 is 13.8. The zero-order valence-electron chi connectivity index (χ0n) is 11.2. The van der Waals surface area contributed by atoms with Crippen molar-refractivity contribution >= 4 is 27.3 Å². The fourth-order valence-electron chi connectivity index (χ4n) is 2.67. The van der Waals surface area contributed by atoms with Gasteiger partial charge in [-0.05, 0) is 48.3 Å². The molecule has 110 valence electrons. The van der Waals surface area contributed by atoms with Crippen LogP contribution >= 0.6 is 15.9 Å². The molecular weight excluding hydrogens is 329 g/mol. The summed E-state index contributed by atoms with van der Waals surface area (Å²) in [4.78, 5) is 12.7. The number of halogens is 2. The van der Waals surface area contributed by atoms with Gasteiger partial charge in [0.15, 0.2) is 0 Å². The van der Waals surface area contributed by atoms with Crippen molar-refractivity contribution in [1.82, 2.24) is 5.32 Å². The molecule has 0 aromatic heterocycles. The topological polar surface area (TPSA) is 58.4 Å². The predicted molar refractivity (Wildman–Crippen MR) is 79.7 cm³/mol. The Morgan fingerprint density at radius 3 is 2.95 bits per heavy atom. The van der Waals surface area contributed by atoms with Crippen molar-refractivity contribution in [3.63, 3.8) is 0 Å². The van der Waals surface area contributed by atoms with Gasteiger partial charge in [-0.25, -0.2) is 4.39 Å². The normalized spacial score (nSPS) is 19.1. The van der Waals surface area contributed by atoms with E-state index in [0.717, 1.165) is 38.4 Å². The number of benzene rings is 1. The summed E-state index contributed by atoms with van der Waals surface area (Å²) in [6, 6.07) is 2.70. The minimum Gasteiger partial charge on any atom is -0.362 e. The van der Waals surface area contributed by atoms with Gasteiger partial charge in [0.05, 0.1) is 15.5 Å². The van der Waals surface area contributed by atoms with Crippen LogP contribution in [-0.2, 0) is 0 Å². The Labute approximate surface area is 125 Å². The molecule has 0 spiro atoms. The van der Waals surface area contributed by atoms with Gasteiger partial charge in [-0.3, -0.25) is 10.1 Å². The number of anilines is 1. The van der Waals surface area contributed by atoms with Crippen LogP contribution in [0.15, 0.2) is 16.6 Å². The zero-order valence-corrected chi connectivity index (χ0v) is 12.8. The summed E-state index contributed by atoms with van der Waals surface area (Å²) in [5.74, 6) is -0.609. The molecule has 0 radical (unpaired) electrons. The van der Waals surface area contributed by atoms with Gasteiger partial charge >= 0.3 is 0 Å². The molecule has 1 unspecified atom stereocenters. The highest BCUT2D eigenvalue weighted by molar-refractivity contribution is 9.10. The zero-order chi connectivity index (χ0) is 14.7. The third-order valence-electron chi connectivity index (χ3n) is 3.59.